The van der Waals surface area contributed by atoms with Crippen molar-refractivity contribution in [2.24, 2.45) is 23.3 Å². The highest BCUT2D eigenvalue weighted by molar-refractivity contribution is 8.00. The van der Waals surface area contributed by atoms with Gasteiger partial charge in [-0.25, -0.2) is 18.4 Å². The average molecular weight is 1250 g/mol. The molecule has 4 aromatic carbocycles. The van der Waals surface area contributed by atoms with Gasteiger partial charge >= 0.3 is 23.6 Å². The fourth-order valence-corrected chi connectivity index (χ4v) is 11.4. The summed E-state index contributed by atoms with van der Waals surface area (Å²) < 4.78 is 31.9. The number of likely N-dealkylation sites (tertiary alicyclic amines) is 1. The van der Waals surface area contributed by atoms with E-state index in [2.05, 4.69) is 10.6 Å². The zero-order valence-corrected chi connectivity index (χ0v) is 49.6. The molecule has 1 fully saturated rings. The van der Waals surface area contributed by atoms with E-state index in [1.165, 1.54) is 25.1 Å². The number of imide groups is 1. The van der Waals surface area contributed by atoms with E-state index in [0.717, 1.165) is 43.5 Å². The third kappa shape index (κ3) is 20.0. The number of hydrogen-bond acceptors (Lipinski definition) is 16. The van der Waals surface area contributed by atoms with Crippen LogP contribution < -0.4 is 33.3 Å². The molecule has 0 radical (unpaired) electrons. The highest BCUT2D eigenvalue weighted by Gasteiger charge is 2.40. The Kier molecular flexibility index (Phi) is 25.5. The number of halogens is 2. The van der Waals surface area contributed by atoms with Crippen molar-refractivity contribution in [2.45, 2.75) is 127 Å². The normalized spacial score (nSPS) is 14.8. The molecule has 89 heavy (non-hydrogen) atoms. The summed E-state index contributed by atoms with van der Waals surface area (Å²) in [5, 5.41) is 43.1. The SMILES string of the molecule is Cc1c(-c2cccc(CCC(=O)CC(CCC(=O)NC(CCC(=O)CCC(N)C(=O)CC(CSC3CC(=O)N(CCNC(=O)CCc4ccc(O)cc4)C3=O)C(=O)O)C(=O)O)C(=O)O)c2)c(=O)n(C[C@H](N)c2ccccc2)c(=O)n1Cc1c(F)cccc1F. The number of nitrogens with two attached hydrogens (primary N) is 2. The summed E-state index contributed by atoms with van der Waals surface area (Å²) >= 11 is 0.889. The number of rotatable bonds is 36. The van der Waals surface area contributed by atoms with E-state index in [1.54, 1.807) is 66.7 Å². The van der Waals surface area contributed by atoms with E-state index in [4.69, 9.17) is 11.5 Å². The second-order valence-corrected chi connectivity index (χ2v) is 23.0. The molecule has 26 heteroatoms. The van der Waals surface area contributed by atoms with Gasteiger partial charge in [0.2, 0.25) is 23.6 Å². The Morgan fingerprint density at radius 3 is 2.00 bits per heavy atom. The van der Waals surface area contributed by atoms with Crippen molar-refractivity contribution in [3.8, 4) is 16.9 Å². The van der Waals surface area contributed by atoms with Crippen LogP contribution in [0.4, 0.5) is 8.78 Å². The van der Waals surface area contributed by atoms with Crippen LogP contribution in [0.3, 0.4) is 0 Å². The van der Waals surface area contributed by atoms with Gasteiger partial charge in [0, 0.05) is 87.5 Å². The molecule has 4 amide bonds. The Balaban J connectivity index is 0.940. The summed E-state index contributed by atoms with van der Waals surface area (Å²) in [5.41, 5.74) is 12.9. The van der Waals surface area contributed by atoms with Crippen molar-refractivity contribution in [2.75, 3.05) is 18.8 Å². The molecule has 1 aliphatic rings. The molecular weight excluding hydrogens is 1180 g/mol. The lowest BCUT2D eigenvalue weighted by Gasteiger charge is -2.20. The van der Waals surface area contributed by atoms with Crippen LogP contribution >= 0.6 is 11.8 Å². The first-order valence-corrected chi connectivity index (χ1v) is 29.8. The molecule has 23 nitrogen and oxygen atoms in total. The topological polar surface area (TPSA) is 375 Å². The van der Waals surface area contributed by atoms with Gasteiger partial charge in [-0.1, -0.05) is 72.8 Å². The molecule has 1 aromatic heterocycles. The van der Waals surface area contributed by atoms with Crippen LogP contribution in [0.15, 0.2) is 107 Å². The lowest BCUT2D eigenvalue weighted by atomic mass is 9.93. The zero-order valence-electron chi connectivity index (χ0n) is 48.8. The maximum absolute atomic E-state index is 15.0. The number of phenols is 1. The average Bonchev–Trinajstić information content (AvgIpc) is 1.49. The minimum absolute atomic E-state index is 0.00878. The minimum Gasteiger partial charge on any atom is -0.508 e. The summed E-state index contributed by atoms with van der Waals surface area (Å²) in [6.07, 6.45) is -3.04. The number of hydrogen-bond donors (Lipinski definition) is 8. The molecule has 0 spiro atoms. The number of aromatic nitrogens is 2. The molecule has 1 saturated heterocycles. The second kappa shape index (κ2) is 32.8. The number of nitrogens with one attached hydrogen (secondary N) is 2. The van der Waals surface area contributed by atoms with Gasteiger partial charge in [-0.05, 0) is 85.5 Å². The lowest BCUT2D eigenvalue weighted by molar-refractivity contribution is -0.145. The summed E-state index contributed by atoms with van der Waals surface area (Å²) in [4.78, 5) is 156. The van der Waals surface area contributed by atoms with Gasteiger partial charge in [0.15, 0.2) is 0 Å². The van der Waals surface area contributed by atoms with Gasteiger partial charge in [-0.15, -0.1) is 11.8 Å². The maximum Gasteiger partial charge on any atom is 0.331 e. The van der Waals surface area contributed by atoms with Crippen molar-refractivity contribution in [3.05, 3.63) is 157 Å². The quantitative estimate of drug-likeness (QED) is 0.0258. The second-order valence-electron chi connectivity index (χ2n) is 21.8. The standard InChI is InChI=1S/C63H71F2N7O16S/c1-36-57(59(81)72(34-50(67)39-8-3-2-4-9-39)63(88)71(36)33-46-47(64)11-6-12-48(46)65)40-10-5-7-38(29-40)15-20-45(75)30-41(60(82)83)17-26-55(78)69-51(62(86)87)24-22-44(74)21-23-49(66)52(76)31-42(61(84)85)35-89-53-32-56(79)70(58(53)80)28-27-68-54(77)25-16-37-13-18-43(73)19-14-37/h2-14,18-19,29,41-42,49-51,53,73H,15-17,20-28,30-35,66-67H2,1H3,(H,68,77)(H,69,78)(H,82,83)(H,84,85)(H,86,87)/t41?,42?,49?,50-,51?,53?/m0/s1. The van der Waals surface area contributed by atoms with Gasteiger partial charge in [0.25, 0.3) is 5.56 Å². The Hall–Kier alpha value is -9.01. The molecule has 5 unspecified atom stereocenters. The summed E-state index contributed by atoms with van der Waals surface area (Å²) in [6.45, 7) is 0.504. The van der Waals surface area contributed by atoms with Crippen molar-refractivity contribution in [1.29, 1.82) is 0 Å². The van der Waals surface area contributed by atoms with E-state index in [-0.39, 0.29) is 99.7 Å². The molecule has 1 aliphatic heterocycles. The van der Waals surface area contributed by atoms with Crippen molar-refractivity contribution in [1.82, 2.24) is 24.7 Å². The number of Topliss-reactive ketones (excluding diaryl/α,β-unsaturated/α-hetero) is 3. The Morgan fingerprint density at radius 2 is 1.34 bits per heavy atom. The monoisotopic (exact) mass is 1250 g/mol. The van der Waals surface area contributed by atoms with Crippen LogP contribution in [0.25, 0.3) is 11.1 Å². The fraction of sp³-hybridized carbons (Fsp3) is 0.397. The first-order chi connectivity index (χ1) is 42.3. The molecule has 6 rings (SSSR count). The van der Waals surface area contributed by atoms with Gasteiger partial charge in [-0.3, -0.25) is 62.0 Å². The molecular formula is C63H71F2N7O16S. The van der Waals surface area contributed by atoms with Crippen molar-refractivity contribution in [3.63, 3.8) is 0 Å². The van der Waals surface area contributed by atoms with E-state index in [1.807, 2.05) is 0 Å². The van der Waals surface area contributed by atoms with E-state index < -0.39 is 149 Å². The first kappa shape index (κ1) is 69.1. The maximum atomic E-state index is 15.0. The molecule has 0 aliphatic carbocycles. The number of aromatic hydroxyl groups is 1. The van der Waals surface area contributed by atoms with Crippen LogP contribution in [0.2, 0.25) is 0 Å². The van der Waals surface area contributed by atoms with Gasteiger partial charge in [0.05, 0.1) is 41.8 Å². The molecule has 10 N–H and O–H groups in total. The smallest absolute Gasteiger partial charge is 0.331 e. The van der Waals surface area contributed by atoms with Gasteiger partial charge < -0.3 is 42.5 Å². The Bertz CT molecular complexity index is 3540. The first-order valence-electron chi connectivity index (χ1n) is 28.8. The number of ketones is 3. The fourth-order valence-electron chi connectivity index (χ4n) is 10.1. The number of nitrogens with zero attached hydrogens (tertiary/aromatic N) is 3. The van der Waals surface area contributed by atoms with Crippen LogP contribution in [0, 0.1) is 30.4 Å². The van der Waals surface area contributed by atoms with E-state index >= 15 is 0 Å². The molecule has 6 atom stereocenters. The largest absolute Gasteiger partial charge is 0.508 e. The van der Waals surface area contributed by atoms with Gasteiger partial charge in [0.1, 0.15) is 40.8 Å². The molecule has 2 heterocycles. The van der Waals surface area contributed by atoms with Crippen LogP contribution in [0.5, 0.6) is 5.75 Å². The lowest BCUT2D eigenvalue weighted by Crippen LogP contribution is -2.44. The number of aliphatic carboxylic acids is 3. The molecule has 0 saturated carbocycles. The number of aryl methyl sites for hydroxylation is 2. The predicted molar refractivity (Wildman–Crippen MR) is 321 cm³/mol. The summed E-state index contributed by atoms with van der Waals surface area (Å²) in [6, 6.07) is 21.0. The minimum atomic E-state index is -1.59. The van der Waals surface area contributed by atoms with Crippen molar-refractivity contribution >= 4 is 70.6 Å². The number of benzene rings is 4. The third-order valence-corrected chi connectivity index (χ3v) is 16.7. The van der Waals surface area contributed by atoms with Crippen LogP contribution in [0.1, 0.15) is 105 Å². The van der Waals surface area contributed by atoms with Crippen LogP contribution in [-0.4, -0.2) is 130 Å². The highest BCUT2D eigenvalue weighted by atomic mass is 32.2. The Morgan fingerprint density at radius 1 is 0.685 bits per heavy atom. The Labute approximate surface area is 513 Å². The number of phenolic OH excluding ortho intramolecular Hbond substituents is 1. The van der Waals surface area contributed by atoms with E-state index in [0.29, 0.717) is 23.1 Å². The number of carbonyl (C=O) groups is 10. The summed E-state index contributed by atoms with van der Waals surface area (Å²) in [5.74, 6) is -12.9. The summed E-state index contributed by atoms with van der Waals surface area (Å²) in [7, 11) is 0. The van der Waals surface area contributed by atoms with Crippen molar-refractivity contribution < 1.29 is 77.2 Å². The van der Waals surface area contributed by atoms with Gasteiger partial charge in [-0.2, -0.15) is 0 Å². The zero-order chi connectivity index (χ0) is 65.1. The molecule has 474 valence electrons. The third-order valence-electron chi connectivity index (χ3n) is 15.3. The number of carboxylic acid groups (broad SMARTS) is 3. The molecule has 0 bridgehead atoms. The number of thioether (sulfide) groups is 1. The van der Waals surface area contributed by atoms with E-state index in [9.17, 15) is 86.7 Å². The number of amides is 4. The van der Waals surface area contributed by atoms with Crippen LogP contribution in [-0.2, 0) is 73.9 Å². The number of carbonyl (C=O) groups excluding carboxylic acids is 7. The predicted octanol–water partition coefficient (Wildman–Crippen LogP) is 4.39. The molecule has 5 aromatic rings. The number of carboxylic acids is 3. The highest BCUT2D eigenvalue weighted by Crippen LogP contribution is 2.29.